The van der Waals surface area contributed by atoms with Crippen molar-refractivity contribution in [2.24, 2.45) is 0 Å². The molecule has 2 aliphatic heterocycles. The molecule has 2 N–H and O–H groups in total. The van der Waals surface area contributed by atoms with E-state index in [1.807, 2.05) is 12.1 Å². The normalized spacial score (nSPS) is 17.4. The third-order valence-electron chi connectivity index (χ3n) is 10.0. The number of hydrogen-bond acceptors (Lipinski definition) is 6. The van der Waals surface area contributed by atoms with E-state index in [1.165, 1.54) is 54.7 Å². The number of halogens is 2. The molecule has 264 valence electrons. The minimum Gasteiger partial charge on any atom is -0.490 e. The Bertz CT molecular complexity index is 1570. The van der Waals surface area contributed by atoms with Gasteiger partial charge in [0.05, 0.1) is 17.5 Å². The zero-order chi connectivity index (χ0) is 34.0. The van der Waals surface area contributed by atoms with Gasteiger partial charge in [-0.1, -0.05) is 24.3 Å². The first-order chi connectivity index (χ1) is 24.0. The van der Waals surface area contributed by atoms with E-state index in [4.69, 9.17) is 14.9 Å². The predicted molar refractivity (Wildman–Crippen MR) is 189 cm³/mol. The highest BCUT2D eigenvalue weighted by atomic mass is 19.3. The molecule has 0 spiro atoms. The van der Waals surface area contributed by atoms with Crippen LogP contribution < -0.4 is 20.1 Å². The molecule has 0 atom stereocenters. The molecule has 4 heterocycles. The second-order valence-electron chi connectivity index (χ2n) is 13.5. The van der Waals surface area contributed by atoms with E-state index in [9.17, 15) is 8.78 Å². The fourth-order valence-corrected chi connectivity index (χ4v) is 7.12. The number of hydrogen-bond donors (Lipinski definition) is 2. The van der Waals surface area contributed by atoms with Crippen LogP contribution in [-0.4, -0.2) is 58.5 Å². The molecule has 10 heteroatoms. The van der Waals surface area contributed by atoms with Crippen molar-refractivity contribution in [3.63, 3.8) is 0 Å². The van der Waals surface area contributed by atoms with Crippen LogP contribution in [0, 0.1) is 0 Å². The highest BCUT2D eigenvalue weighted by molar-refractivity contribution is 5.32. The first-order valence-electron chi connectivity index (χ1n) is 18.3. The van der Waals surface area contributed by atoms with Crippen molar-refractivity contribution in [1.29, 1.82) is 0 Å². The number of nitrogens with zero attached hydrogens (tertiary/aromatic N) is 4. The van der Waals surface area contributed by atoms with Gasteiger partial charge in [-0.3, -0.25) is 9.36 Å². The van der Waals surface area contributed by atoms with Crippen molar-refractivity contribution >= 4 is 0 Å². The van der Waals surface area contributed by atoms with Crippen molar-refractivity contribution in [2.75, 3.05) is 26.2 Å². The fraction of sp³-hybridized carbons (Fsp3) is 0.538. The first-order valence-corrected chi connectivity index (χ1v) is 18.3. The summed E-state index contributed by atoms with van der Waals surface area (Å²) in [5.41, 5.74) is 7.28. The molecule has 8 nitrogen and oxygen atoms in total. The van der Waals surface area contributed by atoms with Gasteiger partial charge in [-0.2, -0.15) is 19.0 Å². The summed E-state index contributed by atoms with van der Waals surface area (Å²) in [6.45, 7) is 7.68. The van der Waals surface area contributed by atoms with Crippen molar-refractivity contribution in [3.05, 3.63) is 94.6 Å². The highest BCUT2D eigenvalue weighted by Crippen LogP contribution is 2.29. The number of aromatic nitrogens is 4. The summed E-state index contributed by atoms with van der Waals surface area (Å²) in [5, 5.41) is 16.4. The maximum absolute atomic E-state index is 12.2. The molecule has 1 saturated carbocycles. The van der Waals surface area contributed by atoms with Crippen LogP contribution in [0.2, 0.25) is 0 Å². The van der Waals surface area contributed by atoms with Gasteiger partial charge in [0, 0.05) is 49.2 Å². The van der Waals surface area contributed by atoms with E-state index in [0.717, 1.165) is 75.5 Å². The summed E-state index contributed by atoms with van der Waals surface area (Å²) in [5.74, 6) is 2.40. The molecule has 7 rings (SSSR count). The molecule has 4 aromatic rings. The summed E-state index contributed by atoms with van der Waals surface area (Å²) in [7, 11) is 0. The van der Waals surface area contributed by atoms with Gasteiger partial charge < -0.3 is 20.1 Å². The Morgan fingerprint density at radius 1 is 0.673 bits per heavy atom. The number of nitrogens with one attached hydrogen (secondary N) is 2. The zero-order valence-corrected chi connectivity index (χ0v) is 29.1. The first kappa shape index (κ1) is 35.1. The Labute approximate surface area is 289 Å². The third kappa shape index (κ3) is 9.69. The number of alkyl halides is 2. The lowest BCUT2D eigenvalue weighted by Crippen LogP contribution is -2.27. The van der Waals surface area contributed by atoms with Crippen LogP contribution in [0.25, 0.3) is 0 Å². The predicted octanol–water partition coefficient (Wildman–Crippen LogP) is 7.45. The zero-order valence-electron chi connectivity index (χ0n) is 29.1. The van der Waals surface area contributed by atoms with Gasteiger partial charge in [-0.15, -0.1) is 0 Å². The summed E-state index contributed by atoms with van der Waals surface area (Å²) in [6, 6.07) is 19.9. The van der Waals surface area contributed by atoms with Crippen molar-refractivity contribution in [2.45, 2.75) is 109 Å². The van der Waals surface area contributed by atoms with Crippen molar-refractivity contribution in [3.8, 4) is 11.5 Å². The summed E-state index contributed by atoms with van der Waals surface area (Å²) >= 11 is 0. The van der Waals surface area contributed by atoms with E-state index in [-0.39, 0.29) is 5.75 Å². The van der Waals surface area contributed by atoms with Gasteiger partial charge in [0.2, 0.25) is 0 Å². The Kier molecular flexibility index (Phi) is 12.4. The van der Waals surface area contributed by atoms with E-state index in [2.05, 4.69) is 75.0 Å². The lowest BCUT2D eigenvalue weighted by Gasteiger charge is -2.26. The van der Waals surface area contributed by atoms with Gasteiger partial charge >= 0.3 is 6.61 Å². The number of piperidine rings is 2. The molecule has 0 unspecified atom stereocenters. The maximum Gasteiger partial charge on any atom is 0.387 e. The standard InChI is InChI=1S/C21H29N3O.C18H23F2N3O/c1-2-24-21(17-10-12-22-13-11-17)15-18(23-24)14-16-6-8-20(9-7-16)25-19-4-3-5-19;1-2-23-17(14-7-9-21-10-8-14)12-15(22-23)11-13-3-5-16(6-4-13)24-18(19)20/h6-9,15,17,19,22H,2-5,10-14H2,1H3;3-6,12,14,18,21H,2,7-11H2,1H3. The maximum atomic E-state index is 12.2. The largest absolute Gasteiger partial charge is 0.490 e. The quantitative estimate of drug-likeness (QED) is 0.163. The van der Waals surface area contributed by atoms with Crippen LogP contribution in [-0.2, 0) is 25.9 Å². The average Bonchev–Trinajstić information content (AvgIpc) is 3.72. The molecule has 49 heavy (non-hydrogen) atoms. The van der Waals surface area contributed by atoms with Gasteiger partial charge in [-0.25, -0.2) is 0 Å². The summed E-state index contributed by atoms with van der Waals surface area (Å²) in [6.07, 6.45) is 10.5. The molecule has 3 fully saturated rings. The monoisotopic (exact) mass is 674 g/mol. The Hall–Kier alpha value is -3.76. The summed E-state index contributed by atoms with van der Waals surface area (Å²) < 4.78 is 39.0. The van der Waals surface area contributed by atoms with Crippen LogP contribution in [0.15, 0.2) is 60.7 Å². The van der Waals surface area contributed by atoms with E-state index in [1.54, 1.807) is 12.1 Å². The average molecular weight is 675 g/mol. The van der Waals surface area contributed by atoms with Gasteiger partial charge in [-0.05, 0) is 132 Å². The molecular formula is C39H52F2N6O2. The Morgan fingerprint density at radius 2 is 1.12 bits per heavy atom. The number of ether oxygens (including phenoxy) is 2. The van der Waals surface area contributed by atoms with Crippen LogP contribution in [0.4, 0.5) is 8.78 Å². The minimum atomic E-state index is -2.79. The summed E-state index contributed by atoms with van der Waals surface area (Å²) in [4.78, 5) is 0. The van der Waals surface area contributed by atoms with E-state index >= 15 is 0 Å². The molecule has 2 aromatic heterocycles. The van der Waals surface area contributed by atoms with Crippen LogP contribution in [0.1, 0.15) is 105 Å². The highest BCUT2D eigenvalue weighted by Gasteiger charge is 2.22. The second-order valence-corrected chi connectivity index (χ2v) is 13.5. The number of benzene rings is 2. The van der Waals surface area contributed by atoms with Crippen LogP contribution in [0.3, 0.4) is 0 Å². The molecular weight excluding hydrogens is 622 g/mol. The number of rotatable bonds is 12. The lowest BCUT2D eigenvalue weighted by atomic mass is 9.94. The topological polar surface area (TPSA) is 78.2 Å². The smallest absolute Gasteiger partial charge is 0.387 e. The van der Waals surface area contributed by atoms with Crippen molar-refractivity contribution in [1.82, 2.24) is 30.2 Å². The fourth-order valence-electron chi connectivity index (χ4n) is 7.12. The van der Waals surface area contributed by atoms with Gasteiger partial charge in [0.15, 0.2) is 0 Å². The van der Waals surface area contributed by atoms with E-state index in [0.29, 0.717) is 24.4 Å². The molecule has 3 aliphatic rings. The molecule has 0 bridgehead atoms. The van der Waals surface area contributed by atoms with Gasteiger partial charge in [0.1, 0.15) is 11.5 Å². The lowest BCUT2D eigenvalue weighted by molar-refractivity contribution is -0.0498. The molecule has 0 radical (unpaired) electrons. The molecule has 1 aliphatic carbocycles. The Balaban J connectivity index is 0.000000170. The van der Waals surface area contributed by atoms with E-state index < -0.39 is 6.61 Å². The molecule has 0 amide bonds. The number of aryl methyl sites for hydroxylation is 2. The van der Waals surface area contributed by atoms with Crippen molar-refractivity contribution < 1.29 is 18.3 Å². The van der Waals surface area contributed by atoms with Gasteiger partial charge in [0.25, 0.3) is 0 Å². The second kappa shape index (κ2) is 17.3. The third-order valence-corrected chi connectivity index (χ3v) is 10.0. The van der Waals surface area contributed by atoms with Crippen LogP contribution in [0.5, 0.6) is 11.5 Å². The molecule has 2 aromatic carbocycles. The Morgan fingerprint density at radius 3 is 1.51 bits per heavy atom. The molecule has 2 saturated heterocycles. The van der Waals surface area contributed by atoms with Crippen LogP contribution >= 0.6 is 0 Å². The SMILES string of the molecule is CCn1nc(Cc2ccc(OC(F)F)cc2)cc1C1CCNCC1.CCn1nc(Cc2ccc(OC3CCC3)cc2)cc1C1CCNCC1. The minimum absolute atomic E-state index is 0.184.